The van der Waals surface area contributed by atoms with Crippen molar-refractivity contribution in [2.75, 3.05) is 11.5 Å². The number of aryl methyl sites for hydroxylation is 1. The van der Waals surface area contributed by atoms with Gasteiger partial charge in [-0.25, -0.2) is 18.2 Å². The highest BCUT2D eigenvalue weighted by Crippen LogP contribution is 2.23. The standard InChI is InChI=1S/C15H18N4O5S/c1-15(4-5-25(23,24)8-15)17-12(20)9-6-10-11(16-7-9)18(2)14(22)19(3)13(10)21/h6-7H,4-5,8H2,1-3H3,(H,17,20). The zero-order valence-electron chi connectivity index (χ0n) is 14.1. The second-order valence-electron chi connectivity index (χ2n) is 6.66. The van der Waals surface area contributed by atoms with Crippen LogP contribution in [0.2, 0.25) is 0 Å². The Labute approximate surface area is 143 Å². The summed E-state index contributed by atoms with van der Waals surface area (Å²) in [6, 6.07) is 1.37. The lowest BCUT2D eigenvalue weighted by atomic mass is 10.0. The van der Waals surface area contributed by atoms with Gasteiger partial charge in [0.25, 0.3) is 11.5 Å². The Morgan fingerprint density at radius 3 is 2.56 bits per heavy atom. The van der Waals surface area contributed by atoms with Crippen molar-refractivity contribution in [1.82, 2.24) is 19.4 Å². The zero-order valence-corrected chi connectivity index (χ0v) is 14.9. The number of aromatic nitrogens is 3. The van der Waals surface area contributed by atoms with Crippen molar-refractivity contribution >= 4 is 26.8 Å². The predicted molar refractivity (Wildman–Crippen MR) is 91.4 cm³/mol. The van der Waals surface area contributed by atoms with E-state index in [1.807, 2.05) is 0 Å². The Hall–Kier alpha value is -2.49. The average Bonchev–Trinajstić information content (AvgIpc) is 2.83. The molecule has 0 aliphatic carbocycles. The number of sulfone groups is 1. The SMILES string of the molecule is Cn1c(=O)c2cc(C(=O)NC3(C)CCS(=O)(=O)C3)cnc2n(C)c1=O. The summed E-state index contributed by atoms with van der Waals surface area (Å²) in [7, 11) is -0.325. The van der Waals surface area contributed by atoms with E-state index in [9.17, 15) is 22.8 Å². The van der Waals surface area contributed by atoms with Gasteiger partial charge < -0.3 is 5.32 Å². The molecular formula is C15H18N4O5S. The molecule has 0 aromatic carbocycles. The number of nitrogens with zero attached hydrogens (tertiary/aromatic N) is 3. The first-order chi connectivity index (χ1) is 11.5. The van der Waals surface area contributed by atoms with Crippen molar-refractivity contribution in [1.29, 1.82) is 0 Å². The van der Waals surface area contributed by atoms with Crippen LogP contribution in [0.1, 0.15) is 23.7 Å². The van der Waals surface area contributed by atoms with Crippen LogP contribution in [-0.4, -0.2) is 45.5 Å². The van der Waals surface area contributed by atoms with Gasteiger partial charge in [-0.05, 0) is 19.4 Å². The average molecular weight is 366 g/mol. The van der Waals surface area contributed by atoms with E-state index in [4.69, 9.17) is 0 Å². The van der Waals surface area contributed by atoms with Crippen LogP contribution in [0.15, 0.2) is 21.9 Å². The molecule has 2 aromatic heterocycles. The number of carbonyl (C=O) groups is 1. The molecule has 0 radical (unpaired) electrons. The minimum absolute atomic E-state index is 0.0302. The number of pyridine rings is 1. The lowest BCUT2D eigenvalue weighted by Gasteiger charge is -2.23. The molecule has 3 rings (SSSR count). The van der Waals surface area contributed by atoms with Crippen LogP contribution >= 0.6 is 0 Å². The van der Waals surface area contributed by atoms with E-state index in [2.05, 4.69) is 10.3 Å². The Kier molecular flexibility index (Phi) is 3.82. The van der Waals surface area contributed by atoms with Gasteiger partial charge in [-0.1, -0.05) is 0 Å². The van der Waals surface area contributed by atoms with E-state index < -0.39 is 32.5 Å². The van der Waals surface area contributed by atoms with Crippen molar-refractivity contribution in [3.05, 3.63) is 38.7 Å². The molecule has 1 aliphatic rings. The molecule has 1 fully saturated rings. The molecule has 1 amide bonds. The highest BCUT2D eigenvalue weighted by atomic mass is 32.2. The summed E-state index contributed by atoms with van der Waals surface area (Å²) in [5.74, 6) is -0.601. The summed E-state index contributed by atoms with van der Waals surface area (Å²) in [6.07, 6.45) is 1.60. The van der Waals surface area contributed by atoms with Gasteiger partial charge >= 0.3 is 5.69 Å². The highest BCUT2D eigenvalue weighted by Gasteiger charge is 2.39. The molecule has 3 heterocycles. The van der Waals surface area contributed by atoms with E-state index in [1.54, 1.807) is 6.92 Å². The van der Waals surface area contributed by atoms with Crippen LogP contribution < -0.4 is 16.6 Å². The molecule has 0 bridgehead atoms. The number of amides is 1. The molecule has 10 heteroatoms. The van der Waals surface area contributed by atoms with Gasteiger partial charge in [0.05, 0.1) is 28.0 Å². The lowest BCUT2D eigenvalue weighted by molar-refractivity contribution is 0.0915. The van der Waals surface area contributed by atoms with E-state index in [0.717, 1.165) is 4.57 Å². The van der Waals surface area contributed by atoms with Gasteiger partial charge in [-0.3, -0.25) is 18.7 Å². The predicted octanol–water partition coefficient (Wildman–Crippen LogP) is -1.06. The summed E-state index contributed by atoms with van der Waals surface area (Å²) in [4.78, 5) is 40.7. The number of fused-ring (bicyclic) bond motifs is 1. The first-order valence-electron chi connectivity index (χ1n) is 7.62. The van der Waals surface area contributed by atoms with Gasteiger partial charge in [0.1, 0.15) is 5.65 Å². The Balaban J connectivity index is 2.01. The van der Waals surface area contributed by atoms with Crippen LogP contribution in [0.5, 0.6) is 0 Å². The maximum atomic E-state index is 12.5. The zero-order chi connectivity index (χ0) is 18.6. The van der Waals surface area contributed by atoms with Crippen molar-refractivity contribution in [3.8, 4) is 0 Å². The number of hydrogen-bond acceptors (Lipinski definition) is 6. The third-order valence-electron chi connectivity index (χ3n) is 4.47. The minimum atomic E-state index is -3.16. The van der Waals surface area contributed by atoms with E-state index in [0.29, 0.717) is 6.42 Å². The van der Waals surface area contributed by atoms with Crippen LogP contribution in [0.25, 0.3) is 11.0 Å². The smallest absolute Gasteiger partial charge is 0.332 e. The van der Waals surface area contributed by atoms with E-state index >= 15 is 0 Å². The maximum absolute atomic E-state index is 12.5. The fraction of sp³-hybridized carbons (Fsp3) is 0.467. The molecule has 1 atom stereocenters. The largest absolute Gasteiger partial charge is 0.346 e. The van der Waals surface area contributed by atoms with E-state index in [1.165, 1.54) is 30.9 Å². The third-order valence-corrected chi connectivity index (χ3v) is 6.38. The van der Waals surface area contributed by atoms with Crippen molar-refractivity contribution in [2.45, 2.75) is 18.9 Å². The normalized spacial score (nSPS) is 22.2. The van der Waals surface area contributed by atoms with Gasteiger partial charge in [0.15, 0.2) is 9.84 Å². The monoisotopic (exact) mass is 366 g/mol. The molecule has 1 N–H and O–H groups in total. The molecule has 2 aromatic rings. The minimum Gasteiger partial charge on any atom is -0.346 e. The molecule has 25 heavy (non-hydrogen) atoms. The van der Waals surface area contributed by atoms with Crippen molar-refractivity contribution < 1.29 is 13.2 Å². The summed E-state index contributed by atoms with van der Waals surface area (Å²) < 4.78 is 25.5. The van der Waals surface area contributed by atoms with E-state index in [-0.39, 0.29) is 28.1 Å². The molecule has 1 aliphatic heterocycles. The van der Waals surface area contributed by atoms with Gasteiger partial charge in [0.2, 0.25) is 0 Å². The van der Waals surface area contributed by atoms with Crippen LogP contribution in [-0.2, 0) is 23.9 Å². The lowest BCUT2D eigenvalue weighted by Crippen LogP contribution is -2.47. The summed E-state index contributed by atoms with van der Waals surface area (Å²) in [6.45, 7) is 1.67. The number of hydrogen-bond donors (Lipinski definition) is 1. The summed E-state index contributed by atoms with van der Waals surface area (Å²) in [5.41, 5.74) is -1.59. The molecule has 9 nitrogen and oxygen atoms in total. The molecule has 1 unspecified atom stereocenters. The molecular weight excluding hydrogens is 348 g/mol. The fourth-order valence-corrected chi connectivity index (χ4v) is 5.14. The Morgan fingerprint density at radius 1 is 1.28 bits per heavy atom. The molecule has 0 spiro atoms. The topological polar surface area (TPSA) is 120 Å². The third kappa shape index (κ3) is 2.97. The molecule has 1 saturated heterocycles. The Morgan fingerprint density at radius 2 is 1.96 bits per heavy atom. The summed E-state index contributed by atoms with van der Waals surface area (Å²) in [5, 5.41) is 2.86. The maximum Gasteiger partial charge on any atom is 0.332 e. The summed E-state index contributed by atoms with van der Waals surface area (Å²) >= 11 is 0. The quantitative estimate of drug-likeness (QED) is 0.723. The van der Waals surface area contributed by atoms with Gasteiger partial charge in [-0.2, -0.15) is 0 Å². The van der Waals surface area contributed by atoms with Crippen molar-refractivity contribution in [2.24, 2.45) is 14.1 Å². The first kappa shape index (κ1) is 17.3. The van der Waals surface area contributed by atoms with Crippen molar-refractivity contribution in [3.63, 3.8) is 0 Å². The van der Waals surface area contributed by atoms with Crippen LogP contribution in [0, 0.1) is 0 Å². The first-order valence-corrected chi connectivity index (χ1v) is 9.44. The number of nitrogens with one attached hydrogen (secondary N) is 1. The molecule has 0 saturated carbocycles. The second-order valence-corrected chi connectivity index (χ2v) is 8.84. The fourth-order valence-electron chi connectivity index (χ4n) is 3.04. The number of rotatable bonds is 2. The van der Waals surface area contributed by atoms with Crippen LogP contribution in [0.3, 0.4) is 0 Å². The number of carbonyl (C=O) groups excluding carboxylic acids is 1. The van der Waals surface area contributed by atoms with Crippen LogP contribution in [0.4, 0.5) is 0 Å². The van der Waals surface area contributed by atoms with Gasteiger partial charge in [-0.15, -0.1) is 0 Å². The molecule has 134 valence electrons. The highest BCUT2D eigenvalue weighted by molar-refractivity contribution is 7.91. The Bertz CT molecular complexity index is 1120. The van der Waals surface area contributed by atoms with Gasteiger partial charge in [0, 0.05) is 20.3 Å². The second kappa shape index (κ2) is 5.51.